The number of aromatic hydroxyl groups is 1. The average molecular weight is 268 g/mol. The summed E-state index contributed by atoms with van der Waals surface area (Å²) in [5.41, 5.74) is 1.03. The minimum absolute atomic E-state index is 0.107. The summed E-state index contributed by atoms with van der Waals surface area (Å²) in [4.78, 5) is 12.2. The molecule has 3 nitrogen and oxygen atoms in total. The summed E-state index contributed by atoms with van der Waals surface area (Å²) >= 11 is 0. The summed E-state index contributed by atoms with van der Waals surface area (Å²) in [6, 6.07) is 8.04. The number of allylic oxidation sites excluding steroid dienone is 1. The summed E-state index contributed by atoms with van der Waals surface area (Å²) in [6.07, 6.45) is 5.81. The second-order valence-corrected chi connectivity index (χ2v) is 4.32. The van der Waals surface area contributed by atoms with E-state index in [2.05, 4.69) is 6.58 Å². The quantitative estimate of drug-likeness (QED) is 0.928. The Morgan fingerprint density at radius 3 is 2.80 bits per heavy atom. The standard InChI is InChI=1S/C17H16O3/c1-3-6-14-15(19)11-17(20-16(14)7-4-2)12-8-5-9-13(18)10-12/h4-11,18H,2-3H2,1H3/b14-6-,16-7+. The molecule has 0 aliphatic carbocycles. The number of rotatable bonds is 3. The van der Waals surface area contributed by atoms with E-state index >= 15 is 0 Å². The van der Waals surface area contributed by atoms with E-state index < -0.39 is 0 Å². The minimum atomic E-state index is -0.107. The van der Waals surface area contributed by atoms with E-state index in [0.29, 0.717) is 22.0 Å². The smallest absolute Gasteiger partial charge is 0.192 e. The van der Waals surface area contributed by atoms with Crippen molar-refractivity contribution in [2.75, 3.05) is 0 Å². The molecule has 0 atom stereocenters. The number of phenolic OH excluding ortho intramolecular Hbond substituents is 1. The van der Waals surface area contributed by atoms with Gasteiger partial charge >= 0.3 is 0 Å². The summed E-state index contributed by atoms with van der Waals surface area (Å²) in [5.74, 6) is 0.552. The predicted octanol–water partition coefficient (Wildman–Crippen LogP) is 2.17. The first-order valence-electron chi connectivity index (χ1n) is 6.42. The lowest BCUT2D eigenvalue weighted by Crippen LogP contribution is -2.38. The van der Waals surface area contributed by atoms with Gasteiger partial charge in [0.15, 0.2) is 5.43 Å². The van der Waals surface area contributed by atoms with Gasteiger partial charge in [-0.3, -0.25) is 4.79 Å². The molecule has 0 saturated carbocycles. The van der Waals surface area contributed by atoms with Crippen molar-refractivity contribution in [1.29, 1.82) is 0 Å². The van der Waals surface area contributed by atoms with E-state index in [0.717, 1.165) is 6.42 Å². The van der Waals surface area contributed by atoms with Crippen LogP contribution in [0, 0.1) is 0 Å². The minimum Gasteiger partial charge on any atom is -0.508 e. The van der Waals surface area contributed by atoms with E-state index in [1.165, 1.54) is 6.07 Å². The third-order valence-electron chi connectivity index (χ3n) is 2.82. The van der Waals surface area contributed by atoms with Gasteiger partial charge in [0.25, 0.3) is 0 Å². The fraction of sp³-hybridized carbons (Fsp3) is 0.118. The van der Waals surface area contributed by atoms with Crippen LogP contribution in [0.2, 0.25) is 0 Å². The zero-order chi connectivity index (χ0) is 14.5. The molecule has 102 valence electrons. The zero-order valence-electron chi connectivity index (χ0n) is 11.3. The first-order valence-corrected chi connectivity index (χ1v) is 6.42. The molecular formula is C17H16O3. The lowest BCUT2D eigenvalue weighted by Gasteiger charge is -2.01. The van der Waals surface area contributed by atoms with Crippen LogP contribution >= 0.6 is 0 Å². The van der Waals surface area contributed by atoms with Gasteiger partial charge in [0.2, 0.25) is 0 Å². The molecule has 1 heterocycles. The third-order valence-corrected chi connectivity index (χ3v) is 2.82. The fourth-order valence-corrected chi connectivity index (χ4v) is 1.96. The number of hydrogen-bond donors (Lipinski definition) is 1. The Bertz CT molecular complexity index is 798. The van der Waals surface area contributed by atoms with Gasteiger partial charge in [0, 0.05) is 11.6 Å². The molecule has 2 aromatic rings. The topological polar surface area (TPSA) is 50.4 Å². The lowest BCUT2D eigenvalue weighted by atomic mass is 10.1. The molecule has 3 heteroatoms. The molecular weight excluding hydrogens is 252 g/mol. The summed E-state index contributed by atoms with van der Waals surface area (Å²) in [6.45, 7) is 5.59. The highest BCUT2D eigenvalue weighted by atomic mass is 16.3. The first-order chi connectivity index (χ1) is 9.65. The summed E-state index contributed by atoms with van der Waals surface area (Å²) < 4.78 is 5.75. The molecule has 0 saturated heterocycles. The van der Waals surface area contributed by atoms with E-state index in [-0.39, 0.29) is 11.2 Å². The van der Waals surface area contributed by atoms with Crippen molar-refractivity contribution < 1.29 is 9.52 Å². The van der Waals surface area contributed by atoms with Crippen LogP contribution in [-0.4, -0.2) is 5.11 Å². The van der Waals surface area contributed by atoms with Crippen LogP contribution in [-0.2, 0) is 0 Å². The maximum atomic E-state index is 12.2. The maximum Gasteiger partial charge on any atom is 0.192 e. The van der Waals surface area contributed by atoms with Gasteiger partial charge in [-0.05, 0) is 24.6 Å². The molecule has 2 rings (SSSR count). The van der Waals surface area contributed by atoms with Gasteiger partial charge in [-0.2, -0.15) is 0 Å². The van der Waals surface area contributed by atoms with E-state index in [1.807, 2.05) is 13.0 Å². The predicted molar refractivity (Wildman–Crippen MR) is 80.7 cm³/mol. The maximum absolute atomic E-state index is 12.2. The van der Waals surface area contributed by atoms with Gasteiger partial charge < -0.3 is 9.52 Å². The zero-order valence-corrected chi connectivity index (χ0v) is 11.3. The molecule has 0 aliphatic heterocycles. The van der Waals surface area contributed by atoms with Crippen molar-refractivity contribution in [2.45, 2.75) is 13.3 Å². The van der Waals surface area contributed by atoms with Gasteiger partial charge in [-0.1, -0.05) is 37.8 Å². The van der Waals surface area contributed by atoms with E-state index in [4.69, 9.17) is 4.42 Å². The Balaban J connectivity index is 2.76. The second-order valence-electron chi connectivity index (χ2n) is 4.32. The van der Waals surface area contributed by atoms with Gasteiger partial charge in [-0.25, -0.2) is 0 Å². The molecule has 1 aromatic heterocycles. The van der Waals surface area contributed by atoms with Crippen molar-refractivity contribution in [3.63, 3.8) is 0 Å². The fourth-order valence-electron chi connectivity index (χ4n) is 1.96. The molecule has 0 radical (unpaired) electrons. The Labute approximate surface area is 116 Å². The van der Waals surface area contributed by atoms with E-state index in [1.54, 1.807) is 36.4 Å². The van der Waals surface area contributed by atoms with Crippen LogP contribution in [0.25, 0.3) is 23.5 Å². The molecule has 20 heavy (non-hydrogen) atoms. The van der Waals surface area contributed by atoms with Crippen molar-refractivity contribution in [1.82, 2.24) is 0 Å². The van der Waals surface area contributed by atoms with Crippen molar-refractivity contribution in [3.8, 4) is 17.1 Å². The molecule has 0 unspecified atom stereocenters. The summed E-state index contributed by atoms with van der Waals surface area (Å²) in [7, 11) is 0. The second kappa shape index (κ2) is 6.06. The molecule has 1 aromatic carbocycles. The van der Waals surface area contributed by atoms with Crippen LogP contribution in [0.3, 0.4) is 0 Å². The number of benzene rings is 1. The summed E-state index contributed by atoms with van der Waals surface area (Å²) in [5, 5.41) is 10.0. The first kappa shape index (κ1) is 13.9. The highest BCUT2D eigenvalue weighted by Crippen LogP contribution is 2.20. The highest BCUT2D eigenvalue weighted by Gasteiger charge is 2.04. The average Bonchev–Trinajstić information content (AvgIpc) is 2.42. The third kappa shape index (κ3) is 2.88. The molecule has 0 spiro atoms. The van der Waals surface area contributed by atoms with Crippen molar-refractivity contribution in [2.24, 2.45) is 0 Å². The van der Waals surface area contributed by atoms with Crippen LogP contribution in [0.1, 0.15) is 13.3 Å². The Hall–Kier alpha value is -2.55. The van der Waals surface area contributed by atoms with Crippen LogP contribution in [0.4, 0.5) is 0 Å². The Kier molecular flexibility index (Phi) is 4.20. The van der Waals surface area contributed by atoms with Gasteiger partial charge in [0.1, 0.15) is 16.9 Å². The SMILES string of the molecule is C=C/C=c1/oc(-c2cccc(O)c2)cc(=O)/c1=C/CC. The molecule has 1 N–H and O–H groups in total. The lowest BCUT2D eigenvalue weighted by molar-refractivity contribution is 0.474. The van der Waals surface area contributed by atoms with Crippen LogP contribution in [0.5, 0.6) is 5.75 Å². The molecule has 0 amide bonds. The normalized spacial score (nSPS) is 12.7. The molecule has 0 aliphatic rings. The number of phenols is 1. The monoisotopic (exact) mass is 268 g/mol. The van der Waals surface area contributed by atoms with Crippen LogP contribution < -0.4 is 16.1 Å². The van der Waals surface area contributed by atoms with Crippen molar-refractivity contribution >= 4 is 12.2 Å². The van der Waals surface area contributed by atoms with Crippen molar-refractivity contribution in [3.05, 3.63) is 63.8 Å². The van der Waals surface area contributed by atoms with Gasteiger partial charge in [0.05, 0.1) is 5.22 Å². The molecule has 0 fully saturated rings. The van der Waals surface area contributed by atoms with Gasteiger partial charge in [-0.15, -0.1) is 0 Å². The Morgan fingerprint density at radius 2 is 2.15 bits per heavy atom. The largest absolute Gasteiger partial charge is 0.508 e. The highest BCUT2D eigenvalue weighted by molar-refractivity contribution is 5.59. The van der Waals surface area contributed by atoms with E-state index in [9.17, 15) is 9.90 Å². The van der Waals surface area contributed by atoms with Crippen LogP contribution in [0.15, 0.2) is 52.2 Å². The Morgan fingerprint density at radius 1 is 1.35 bits per heavy atom. The molecule has 0 bridgehead atoms. The number of hydrogen-bond acceptors (Lipinski definition) is 3.